The molecule has 1 N–H and O–H groups in total. The van der Waals surface area contributed by atoms with Crippen molar-refractivity contribution in [3.05, 3.63) is 65.2 Å². The molecule has 7 nitrogen and oxygen atoms in total. The summed E-state index contributed by atoms with van der Waals surface area (Å²) < 4.78 is 0. The van der Waals surface area contributed by atoms with Gasteiger partial charge in [-0.05, 0) is 48.6 Å². The van der Waals surface area contributed by atoms with Crippen molar-refractivity contribution in [1.82, 2.24) is 20.0 Å². The summed E-state index contributed by atoms with van der Waals surface area (Å²) in [6.45, 7) is 8.47. The zero-order valence-electron chi connectivity index (χ0n) is 19.2. The van der Waals surface area contributed by atoms with Gasteiger partial charge in [-0.25, -0.2) is 4.79 Å². The number of urea groups is 1. The van der Waals surface area contributed by atoms with Crippen molar-refractivity contribution >= 4 is 17.6 Å². The molecule has 2 aromatic rings. The Morgan fingerprint density at radius 2 is 1.75 bits per heavy atom. The number of anilines is 1. The van der Waals surface area contributed by atoms with Crippen LogP contribution in [0, 0.1) is 19.8 Å². The first-order valence-corrected chi connectivity index (χ1v) is 11.3. The lowest BCUT2D eigenvalue weighted by Gasteiger charge is -2.46. The van der Waals surface area contributed by atoms with E-state index in [1.807, 2.05) is 30.3 Å². The zero-order valence-corrected chi connectivity index (χ0v) is 19.2. The maximum absolute atomic E-state index is 13.6. The van der Waals surface area contributed by atoms with E-state index in [4.69, 9.17) is 0 Å². The minimum Gasteiger partial charge on any atom is -0.343 e. The molecule has 3 aliphatic rings. The molecule has 4 unspecified atom stereocenters. The van der Waals surface area contributed by atoms with Crippen LogP contribution in [-0.4, -0.2) is 65.3 Å². The molecular weight excluding hydrogens is 402 g/mol. The molecule has 0 aliphatic carbocycles. The third-order valence-corrected chi connectivity index (χ3v) is 7.09. The van der Waals surface area contributed by atoms with E-state index in [-0.39, 0.29) is 24.4 Å². The predicted molar refractivity (Wildman–Crippen MR) is 124 cm³/mol. The third-order valence-electron chi connectivity index (χ3n) is 7.09. The lowest BCUT2D eigenvalue weighted by atomic mass is 10.0. The van der Waals surface area contributed by atoms with E-state index in [0.29, 0.717) is 12.5 Å². The molecule has 2 aromatic carbocycles. The maximum Gasteiger partial charge on any atom is 0.328 e. The van der Waals surface area contributed by atoms with E-state index in [2.05, 4.69) is 54.1 Å². The Labute approximate surface area is 189 Å². The van der Waals surface area contributed by atoms with Gasteiger partial charge in [0.05, 0.1) is 6.54 Å². The smallest absolute Gasteiger partial charge is 0.328 e. The molecule has 0 saturated carbocycles. The van der Waals surface area contributed by atoms with Gasteiger partial charge in [-0.2, -0.15) is 0 Å². The third kappa shape index (κ3) is 3.36. The molecule has 3 saturated heterocycles. The molecule has 0 spiro atoms. The van der Waals surface area contributed by atoms with Crippen LogP contribution in [0.1, 0.15) is 23.6 Å². The molecule has 3 heterocycles. The van der Waals surface area contributed by atoms with Crippen LogP contribution < -0.4 is 10.2 Å². The Hall–Kier alpha value is -2.90. The Balaban J connectivity index is 1.47. The number of rotatable bonds is 3. The van der Waals surface area contributed by atoms with Gasteiger partial charge < -0.3 is 9.80 Å². The molecule has 5 rings (SSSR count). The number of amides is 3. The van der Waals surface area contributed by atoms with Gasteiger partial charge in [0.25, 0.3) is 5.91 Å². The minimum atomic E-state index is -0.400. The van der Waals surface area contributed by atoms with Gasteiger partial charge in [0.2, 0.25) is 0 Å². The fraction of sp³-hybridized carbons (Fsp3) is 0.440. The number of nitrogens with zero attached hydrogens (tertiary/aromatic N) is 4. The summed E-state index contributed by atoms with van der Waals surface area (Å²) in [5.74, 6) is 0.276. The molecular formula is C25H31N5O2. The van der Waals surface area contributed by atoms with Crippen LogP contribution in [0.5, 0.6) is 0 Å². The van der Waals surface area contributed by atoms with Crippen molar-refractivity contribution in [2.24, 2.45) is 5.92 Å². The van der Waals surface area contributed by atoms with E-state index in [1.165, 1.54) is 16.0 Å². The van der Waals surface area contributed by atoms with E-state index < -0.39 is 6.04 Å². The van der Waals surface area contributed by atoms with Crippen LogP contribution in [0.2, 0.25) is 0 Å². The van der Waals surface area contributed by atoms with E-state index in [9.17, 15) is 9.59 Å². The zero-order chi connectivity index (χ0) is 22.6. The molecule has 0 radical (unpaired) electrons. The second kappa shape index (κ2) is 7.90. The second-order valence-corrected chi connectivity index (χ2v) is 9.46. The van der Waals surface area contributed by atoms with Gasteiger partial charge in [0, 0.05) is 25.8 Å². The number of aryl methyl sites for hydroxylation is 2. The van der Waals surface area contributed by atoms with Crippen LogP contribution in [0.4, 0.5) is 10.5 Å². The van der Waals surface area contributed by atoms with Crippen LogP contribution in [0.3, 0.4) is 0 Å². The molecule has 4 atom stereocenters. The number of carbonyl (C=O) groups excluding carboxylic acids is 2. The molecule has 168 valence electrons. The predicted octanol–water partition coefficient (Wildman–Crippen LogP) is 2.74. The maximum atomic E-state index is 13.6. The van der Waals surface area contributed by atoms with Gasteiger partial charge in [-0.15, -0.1) is 0 Å². The SMILES string of the molecule is Cc1ccc(N2CC(C)CN3C4C(=O)N(Cc5ccccc5)C(=O)N(C)C4NC23)cc1C. The highest BCUT2D eigenvalue weighted by Gasteiger charge is 2.56. The van der Waals surface area contributed by atoms with Crippen molar-refractivity contribution in [1.29, 1.82) is 0 Å². The van der Waals surface area contributed by atoms with Crippen molar-refractivity contribution < 1.29 is 9.59 Å². The van der Waals surface area contributed by atoms with Crippen molar-refractivity contribution in [2.45, 2.75) is 45.8 Å². The van der Waals surface area contributed by atoms with Gasteiger partial charge in [0.15, 0.2) is 0 Å². The van der Waals surface area contributed by atoms with Crippen LogP contribution >= 0.6 is 0 Å². The molecule has 7 heteroatoms. The highest BCUT2D eigenvalue weighted by molar-refractivity contribution is 6.00. The average molecular weight is 434 g/mol. The lowest BCUT2D eigenvalue weighted by Crippen LogP contribution is -2.66. The number of hydrogen-bond donors (Lipinski definition) is 1. The quantitative estimate of drug-likeness (QED) is 0.807. The summed E-state index contributed by atoms with van der Waals surface area (Å²) in [5.41, 5.74) is 4.61. The number of likely N-dealkylation sites (N-methyl/N-ethyl adjacent to an activating group) is 1. The standard InChI is InChI=1S/C25H31N5O2/c1-16-13-28(20-11-10-17(2)18(3)12-20)24-26-22-21(29(24)14-16)23(31)30(25(32)27(22)4)15-19-8-6-5-7-9-19/h5-12,16,21-22,24,26H,13-15H2,1-4H3. The summed E-state index contributed by atoms with van der Waals surface area (Å²) in [6.07, 6.45) is -0.467. The topological polar surface area (TPSA) is 59.1 Å². The summed E-state index contributed by atoms with van der Waals surface area (Å²) in [6, 6.07) is 15.6. The van der Waals surface area contributed by atoms with Crippen molar-refractivity contribution in [3.8, 4) is 0 Å². The monoisotopic (exact) mass is 433 g/mol. The summed E-state index contributed by atoms with van der Waals surface area (Å²) in [5, 5.41) is 3.60. The van der Waals surface area contributed by atoms with Gasteiger partial charge >= 0.3 is 6.03 Å². The van der Waals surface area contributed by atoms with Crippen LogP contribution in [0.25, 0.3) is 0 Å². The molecule has 3 aliphatic heterocycles. The Morgan fingerprint density at radius 3 is 2.47 bits per heavy atom. The fourth-order valence-electron chi connectivity index (χ4n) is 5.24. The number of imide groups is 1. The van der Waals surface area contributed by atoms with Gasteiger partial charge in [-0.3, -0.25) is 19.9 Å². The minimum absolute atomic E-state index is 0.119. The highest BCUT2D eigenvalue weighted by atomic mass is 16.2. The summed E-state index contributed by atoms with van der Waals surface area (Å²) >= 11 is 0. The van der Waals surface area contributed by atoms with Crippen molar-refractivity contribution in [3.63, 3.8) is 0 Å². The summed E-state index contributed by atoms with van der Waals surface area (Å²) in [7, 11) is 1.79. The average Bonchev–Trinajstić information content (AvgIpc) is 3.17. The number of benzene rings is 2. The number of fused-ring (bicyclic) bond motifs is 3. The molecule has 3 fully saturated rings. The summed E-state index contributed by atoms with van der Waals surface area (Å²) in [4.78, 5) is 34.5. The van der Waals surface area contributed by atoms with Gasteiger partial charge in [-0.1, -0.05) is 43.3 Å². The van der Waals surface area contributed by atoms with E-state index in [1.54, 1.807) is 11.9 Å². The molecule has 32 heavy (non-hydrogen) atoms. The number of nitrogens with one attached hydrogen (secondary N) is 1. The first-order chi connectivity index (χ1) is 15.3. The number of hydrogen-bond acceptors (Lipinski definition) is 5. The lowest BCUT2D eigenvalue weighted by molar-refractivity contribution is -0.139. The largest absolute Gasteiger partial charge is 0.343 e. The van der Waals surface area contributed by atoms with E-state index >= 15 is 0 Å². The van der Waals surface area contributed by atoms with Crippen LogP contribution in [-0.2, 0) is 11.3 Å². The van der Waals surface area contributed by atoms with E-state index in [0.717, 1.165) is 24.3 Å². The Kier molecular flexibility index (Phi) is 5.18. The van der Waals surface area contributed by atoms with Crippen molar-refractivity contribution in [2.75, 3.05) is 25.0 Å². The number of carbonyl (C=O) groups is 2. The van der Waals surface area contributed by atoms with Crippen LogP contribution in [0.15, 0.2) is 48.5 Å². The first kappa shape index (κ1) is 21.0. The Bertz CT molecular complexity index is 1040. The molecule has 0 aromatic heterocycles. The Morgan fingerprint density at radius 1 is 1.00 bits per heavy atom. The fourth-order valence-corrected chi connectivity index (χ4v) is 5.24. The molecule has 0 bridgehead atoms. The normalized spacial score (nSPS) is 28.2. The highest BCUT2D eigenvalue weighted by Crippen LogP contribution is 2.35. The first-order valence-electron chi connectivity index (χ1n) is 11.3. The van der Waals surface area contributed by atoms with Gasteiger partial charge in [0.1, 0.15) is 18.5 Å². The second-order valence-electron chi connectivity index (χ2n) is 9.46. The molecule has 3 amide bonds.